The monoisotopic (exact) mass is 321 g/mol. The molecule has 0 spiro atoms. The topological polar surface area (TPSA) is 39.1 Å². The summed E-state index contributed by atoms with van der Waals surface area (Å²) in [7, 11) is 1.72. The van der Waals surface area contributed by atoms with Crippen LogP contribution in [0, 0.1) is 6.92 Å². The molecule has 2 heterocycles. The number of benzene rings is 1. The number of ether oxygens (including phenoxy) is 1. The lowest BCUT2D eigenvalue weighted by molar-refractivity contribution is 0.391. The van der Waals surface area contributed by atoms with Gasteiger partial charge in [0.05, 0.1) is 23.8 Å². The minimum Gasteiger partial charge on any atom is -0.496 e. The van der Waals surface area contributed by atoms with E-state index >= 15 is 0 Å². The van der Waals surface area contributed by atoms with Crippen LogP contribution in [0.2, 0.25) is 0 Å². The number of nitrogens with zero attached hydrogens (tertiary/aromatic N) is 2. The Morgan fingerprint density at radius 3 is 3.11 bits per heavy atom. The molecule has 1 aliphatic rings. The number of hydrogen-bond donors (Lipinski definition) is 1. The summed E-state index contributed by atoms with van der Waals surface area (Å²) in [6.07, 6.45) is 2.84. The molecule has 1 aliphatic heterocycles. The number of aryl methyl sites for hydroxylation is 1. The first-order chi connectivity index (χ1) is 9.20. The van der Waals surface area contributed by atoms with Crippen molar-refractivity contribution in [1.29, 1.82) is 0 Å². The second-order valence-electron chi connectivity index (χ2n) is 4.76. The Kier molecular flexibility index (Phi) is 3.22. The minimum absolute atomic E-state index is 0.220. The average molecular weight is 322 g/mol. The molecule has 1 aromatic heterocycles. The SMILES string of the molecule is COc1ccc(C)cc1C1CCNc2c(Br)cnn21. The van der Waals surface area contributed by atoms with Gasteiger partial charge in [0.2, 0.25) is 0 Å². The normalized spacial score (nSPS) is 17.7. The van der Waals surface area contributed by atoms with E-state index in [4.69, 9.17) is 4.74 Å². The Labute approximate surface area is 120 Å². The van der Waals surface area contributed by atoms with E-state index in [2.05, 4.69) is 45.4 Å². The zero-order chi connectivity index (χ0) is 13.4. The summed E-state index contributed by atoms with van der Waals surface area (Å²) in [5.74, 6) is 1.97. The van der Waals surface area contributed by atoms with Gasteiger partial charge in [-0.15, -0.1) is 0 Å². The molecule has 100 valence electrons. The Bertz CT molecular complexity index is 609. The lowest BCUT2D eigenvalue weighted by atomic mass is 9.99. The molecule has 4 nitrogen and oxygen atoms in total. The van der Waals surface area contributed by atoms with Gasteiger partial charge in [0.25, 0.3) is 0 Å². The van der Waals surface area contributed by atoms with Crippen LogP contribution in [0.4, 0.5) is 5.82 Å². The smallest absolute Gasteiger partial charge is 0.139 e. The van der Waals surface area contributed by atoms with Crippen molar-refractivity contribution < 1.29 is 4.74 Å². The van der Waals surface area contributed by atoms with Gasteiger partial charge >= 0.3 is 0 Å². The van der Waals surface area contributed by atoms with E-state index in [1.54, 1.807) is 7.11 Å². The van der Waals surface area contributed by atoms with Crippen molar-refractivity contribution in [1.82, 2.24) is 9.78 Å². The standard InChI is InChI=1S/C14H16BrN3O/c1-9-3-4-13(19-2)10(7-9)12-5-6-16-14-11(15)8-17-18(12)14/h3-4,7-8,12,16H,5-6H2,1-2H3. The van der Waals surface area contributed by atoms with E-state index in [9.17, 15) is 0 Å². The number of halogens is 1. The number of rotatable bonds is 2. The molecule has 3 rings (SSSR count). The molecule has 19 heavy (non-hydrogen) atoms. The Balaban J connectivity index is 2.11. The molecule has 5 heteroatoms. The number of fused-ring (bicyclic) bond motifs is 1. The fraction of sp³-hybridized carbons (Fsp3) is 0.357. The highest BCUT2D eigenvalue weighted by Crippen LogP contribution is 2.37. The first-order valence-electron chi connectivity index (χ1n) is 6.32. The maximum absolute atomic E-state index is 5.50. The molecule has 0 saturated heterocycles. The first-order valence-corrected chi connectivity index (χ1v) is 7.11. The molecule has 1 aromatic carbocycles. The summed E-state index contributed by atoms with van der Waals surface area (Å²) in [4.78, 5) is 0. The van der Waals surface area contributed by atoms with Gasteiger partial charge in [0.1, 0.15) is 11.6 Å². The van der Waals surface area contributed by atoms with Gasteiger partial charge < -0.3 is 10.1 Å². The number of nitrogens with one attached hydrogen (secondary N) is 1. The van der Waals surface area contributed by atoms with Crippen molar-refractivity contribution in [2.75, 3.05) is 19.0 Å². The van der Waals surface area contributed by atoms with E-state index in [0.29, 0.717) is 0 Å². The van der Waals surface area contributed by atoms with Crippen molar-refractivity contribution >= 4 is 21.7 Å². The molecule has 0 fully saturated rings. The zero-order valence-corrected chi connectivity index (χ0v) is 12.6. The van der Waals surface area contributed by atoms with Crippen molar-refractivity contribution in [3.05, 3.63) is 40.0 Å². The molecular formula is C14H16BrN3O. The summed E-state index contributed by atoms with van der Waals surface area (Å²) in [5.41, 5.74) is 2.43. The molecular weight excluding hydrogens is 306 g/mol. The molecule has 0 amide bonds. The molecule has 1 N–H and O–H groups in total. The van der Waals surface area contributed by atoms with Crippen LogP contribution in [0.25, 0.3) is 0 Å². The lowest BCUT2D eigenvalue weighted by Gasteiger charge is -2.27. The van der Waals surface area contributed by atoms with Crippen molar-refractivity contribution in [2.45, 2.75) is 19.4 Å². The summed E-state index contributed by atoms with van der Waals surface area (Å²) >= 11 is 3.53. The van der Waals surface area contributed by atoms with Crippen LogP contribution in [-0.2, 0) is 0 Å². The van der Waals surface area contributed by atoms with Crippen LogP contribution in [-0.4, -0.2) is 23.4 Å². The Morgan fingerprint density at radius 2 is 2.32 bits per heavy atom. The quantitative estimate of drug-likeness (QED) is 0.921. The predicted octanol–water partition coefficient (Wildman–Crippen LogP) is 3.37. The fourth-order valence-corrected chi connectivity index (χ4v) is 3.01. The van der Waals surface area contributed by atoms with Gasteiger partial charge in [-0.25, -0.2) is 4.68 Å². The highest BCUT2D eigenvalue weighted by Gasteiger charge is 2.26. The van der Waals surface area contributed by atoms with Crippen LogP contribution in [0.3, 0.4) is 0 Å². The third-order valence-electron chi connectivity index (χ3n) is 3.50. The largest absolute Gasteiger partial charge is 0.496 e. The molecule has 1 unspecified atom stereocenters. The zero-order valence-electron chi connectivity index (χ0n) is 11.0. The third-order valence-corrected chi connectivity index (χ3v) is 4.08. The van der Waals surface area contributed by atoms with E-state index in [0.717, 1.165) is 29.0 Å². The van der Waals surface area contributed by atoms with Gasteiger partial charge in [0, 0.05) is 12.1 Å². The van der Waals surface area contributed by atoms with Crippen molar-refractivity contribution in [3.8, 4) is 5.75 Å². The van der Waals surface area contributed by atoms with Gasteiger partial charge in [0.15, 0.2) is 0 Å². The van der Waals surface area contributed by atoms with Crippen LogP contribution in [0.1, 0.15) is 23.6 Å². The molecule has 0 bridgehead atoms. The molecule has 2 aromatic rings. The lowest BCUT2D eigenvalue weighted by Crippen LogP contribution is -2.24. The average Bonchev–Trinajstić information content (AvgIpc) is 2.81. The summed E-state index contributed by atoms with van der Waals surface area (Å²) in [6, 6.07) is 6.51. The third kappa shape index (κ3) is 2.12. The van der Waals surface area contributed by atoms with Gasteiger partial charge in [-0.2, -0.15) is 5.10 Å². The summed E-state index contributed by atoms with van der Waals surface area (Å²) in [5, 5.41) is 7.85. The van der Waals surface area contributed by atoms with E-state index in [-0.39, 0.29) is 6.04 Å². The predicted molar refractivity (Wildman–Crippen MR) is 78.9 cm³/mol. The first kappa shape index (κ1) is 12.5. The summed E-state index contributed by atoms with van der Waals surface area (Å²) < 4.78 is 8.54. The number of hydrogen-bond acceptors (Lipinski definition) is 3. The second kappa shape index (κ2) is 4.89. The minimum atomic E-state index is 0.220. The van der Waals surface area contributed by atoms with Gasteiger partial charge in [-0.05, 0) is 35.3 Å². The fourth-order valence-electron chi connectivity index (χ4n) is 2.59. The van der Waals surface area contributed by atoms with Crippen LogP contribution in [0.15, 0.2) is 28.9 Å². The molecule has 0 aliphatic carbocycles. The molecule has 0 radical (unpaired) electrons. The molecule has 1 atom stereocenters. The number of aromatic nitrogens is 2. The maximum atomic E-state index is 5.50. The highest BCUT2D eigenvalue weighted by molar-refractivity contribution is 9.10. The maximum Gasteiger partial charge on any atom is 0.139 e. The van der Waals surface area contributed by atoms with Crippen LogP contribution >= 0.6 is 15.9 Å². The summed E-state index contributed by atoms with van der Waals surface area (Å²) in [6.45, 7) is 3.04. The van der Waals surface area contributed by atoms with E-state index in [1.807, 2.05) is 16.9 Å². The van der Waals surface area contributed by atoms with Crippen molar-refractivity contribution in [2.24, 2.45) is 0 Å². The molecule has 0 saturated carbocycles. The Hall–Kier alpha value is -1.49. The van der Waals surface area contributed by atoms with Crippen molar-refractivity contribution in [3.63, 3.8) is 0 Å². The number of anilines is 1. The Morgan fingerprint density at radius 1 is 1.47 bits per heavy atom. The highest BCUT2D eigenvalue weighted by atomic mass is 79.9. The van der Waals surface area contributed by atoms with Crippen LogP contribution in [0.5, 0.6) is 5.75 Å². The van der Waals surface area contributed by atoms with E-state index in [1.165, 1.54) is 11.1 Å². The van der Waals surface area contributed by atoms with E-state index < -0.39 is 0 Å². The number of methoxy groups -OCH3 is 1. The van der Waals surface area contributed by atoms with Crippen LogP contribution < -0.4 is 10.1 Å². The van der Waals surface area contributed by atoms with Gasteiger partial charge in [-0.1, -0.05) is 17.7 Å². The van der Waals surface area contributed by atoms with Gasteiger partial charge in [-0.3, -0.25) is 0 Å². The second-order valence-corrected chi connectivity index (χ2v) is 5.62.